The van der Waals surface area contributed by atoms with Crippen LogP contribution < -0.4 is 16.2 Å². The molecule has 0 atom stereocenters. The number of aromatic nitrogens is 2. The van der Waals surface area contributed by atoms with E-state index in [1.807, 2.05) is 38.1 Å². The highest BCUT2D eigenvalue weighted by molar-refractivity contribution is 5.91. The van der Waals surface area contributed by atoms with Crippen molar-refractivity contribution in [3.05, 3.63) is 40.7 Å². The van der Waals surface area contributed by atoms with Crippen LogP contribution in [0.4, 0.5) is 5.69 Å². The number of carbonyl (C=O) groups is 1. The van der Waals surface area contributed by atoms with Crippen LogP contribution >= 0.6 is 0 Å². The number of nitrogens with one attached hydrogen (secondary N) is 4. The predicted octanol–water partition coefficient (Wildman–Crippen LogP) is 1.70. The Balaban J connectivity index is 1.90. The first-order chi connectivity index (χ1) is 10.0. The van der Waals surface area contributed by atoms with Gasteiger partial charge in [-0.05, 0) is 17.7 Å². The summed E-state index contributed by atoms with van der Waals surface area (Å²) in [4.78, 5) is 22.8. The molecule has 4 N–H and O–H groups in total. The average molecular weight is 288 g/mol. The fourth-order valence-electron chi connectivity index (χ4n) is 1.92. The first-order valence-electron chi connectivity index (χ1n) is 6.96. The number of rotatable bonds is 6. The molecule has 21 heavy (non-hydrogen) atoms. The van der Waals surface area contributed by atoms with Gasteiger partial charge < -0.3 is 10.6 Å². The monoisotopic (exact) mass is 288 g/mol. The molecule has 1 aromatic carbocycles. The summed E-state index contributed by atoms with van der Waals surface area (Å²) in [7, 11) is 0. The molecule has 1 aromatic heterocycles. The minimum atomic E-state index is -0.167. The normalized spacial score (nSPS) is 10.8. The van der Waals surface area contributed by atoms with Crippen LogP contribution in [0.25, 0.3) is 11.3 Å². The van der Waals surface area contributed by atoms with Crippen molar-refractivity contribution < 1.29 is 4.79 Å². The number of benzene rings is 1. The Bertz CT molecular complexity index is 640. The van der Waals surface area contributed by atoms with Crippen LogP contribution in [0.5, 0.6) is 0 Å². The number of amides is 1. The Labute approximate surface area is 122 Å². The first kappa shape index (κ1) is 15.1. The van der Waals surface area contributed by atoms with E-state index in [2.05, 4.69) is 20.8 Å². The van der Waals surface area contributed by atoms with Crippen LogP contribution in [0.1, 0.15) is 20.3 Å². The van der Waals surface area contributed by atoms with Gasteiger partial charge in [-0.1, -0.05) is 26.0 Å². The van der Waals surface area contributed by atoms with E-state index < -0.39 is 0 Å². The molecule has 0 aliphatic carbocycles. The summed E-state index contributed by atoms with van der Waals surface area (Å²) in [6.07, 6.45) is 0.436. The van der Waals surface area contributed by atoms with Gasteiger partial charge in [-0.3, -0.25) is 19.8 Å². The third-order valence-electron chi connectivity index (χ3n) is 2.98. The molecule has 0 fully saturated rings. The van der Waals surface area contributed by atoms with E-state index in [9.17, 15) is 9.59 Å². The van der Waals surface area contributed by atoms with E-state index in [-0.39, 0.29) is 11.5 Å². The molecule has 1 heterocycles. The Morgan fingerprint density at radius 2 is 1.90 bits per heavy atom. The van der Waals surface area contributed by atoms with E-state index in [1.165, 1.54) is 6.07 Å². The molecule has 6 heteroatoms. The first-order valence-corrected chi connectivity index (χ1v) is 6.96. The van der Waals surface area contributed by atoms with Crippen molar-refractivity contribution >= 4 is 11.6 Å². The average Bonchev–Trinajstić information content (AvgIpc) is 2.86. The number of carbonyl (C=O) groups excluding carboxylic acids is 1. The molecule has 0 saturated heterocycles. The quantitative estimate of drug-likeness (QED) is 0.652. The largest absolute Gasteiger partial charge is 0.326 e. The van der Waals surface area contributed by atoms with Crippen LogP contribution in [0.2, 0.25) is 0 Å². The minimum Gasteiger partial charge on any atom is -0.326 e. The van der Waals surface area contributed by atoms with Crippen molar-refractivity contribution in [2.24, 2.45) is 0 Å². The second kappa shape index (κ2) is 6.90. The highest BCUT2D eigenvalue weighted by atomic mass is 16.1. The third-order valence-corrected chi connectivity index (χ3v) is 2.98. The van der Waals surface area contributed by atoms with Crippen molar-refractivity contribution in [3.63, 3.8) is 0 Å². The van der Waals surface area contributed by atoms with Gasteiger partial charge in [0.05, 0.1) is 5.69 Å². The molecule has 0 aliphatic heterocycles. The molecule has 2 aromatic rings. The SMILES string of the molecule is CC(C)NCCC(=O)Nc1ccc(-c2cc(=O)[nH][nH]2)cc1. The van der Waals surface area contributed by atoms with E-state index in [0.29, 0.717) is 19.0 Å². The molecular formula is C15H20N4O2. The summed E-state index contributed by atoms with van der Waals surface area (Å²) < 4.78 is 0. The maximum Gasteiger partial charge on any atom is 0.264 e. The van der Waals surface area contributed by atoms with Crippen LogP contribution in [0, 0.1) is 0 Å². The number of aromatic amines is 2. The molecule has 2 rings (SSSR count). The van der Waals surface area contributed by atoms with Crippen LogP contribution in [-0.4, -0.2) is 28.7 Å². The topological polar surface area (TPSA) is 89.8 Å². The summed E-state index contributed by atoms with van der Waals surface area (Å²) in [5.74, 6) is -0.0223. The molecule has 1 amide bonds. The highest BCUT2D eigenvalue weighted by Crippen LogP contribution is 2.18. The summed E-state index contributed by atoms with van der Waals surface area (Å²) >= 11 is 0. The zero-order valence-corrected chi connectivity index (χ0v) is 12.2. The molecular weight excluding hydrogens is 268 g/mol. The lowest BCUT2D eigenvalue weighted by Gasteiger charge is -2.09. The van der Waals surface area contributed by atoms with Crippen molar-refractivity contribution in [3.8, 4) is 11.3 Å². The van der Waals surface area contributed by atoms with Gasteiger partial charge in [-0.25, -0.2) is 0 Å². The van der Waals surface area contributed by atoms with Gasteiger partial charge >= 0.3 is 0 Å². The van der Waals surface area contributed by atoms with Crippen LogP contribution in [0.3, 0.4) is 0 Å². The van der Waals surface area contributed by atoms with Crippen LogP contribution in [-0.2, 0) is 4.79 Å². The highest BCUT2D eigenvalue weighted by Gasteiger charge is 2.04. The third kappa shape index (κ3) is 4.61. The van der Waals surface area contributed by atoms with Crippen LogP contribution in [0.15, 0.2) is 35.1 Å². The van der Waals surface area contributed by atoms with Gasteiger partial charge in [0, 0.05) is 30.8 Å². The standard InChI is InChI=1S/C15H20N4O2/c1-10(2)16-8-7-14(20)17-12-5-3-11(4-6-12)13-9-15(21)19-18-13/h3-6,9-10,16H,7-8H2,1-2H3,(H,17,20)(H2,18,19,21). The van der Waals surface area contributed by atoms with Gasteiger partial charge in [0.1, 0.15) is 0 Å². The van der Waals surface area contributed by atoms with Gasteiger partial charge in [0.25, 0.3) is 5.56 Å². The molecule has 0 bridgehead atoms. The number of hydrogen-bond donors (Lipinski definition) is 4. The molecule has 112 valence electrons. The number of hydrogen-bond acceptors (Lipinski definition) is 3. The summed E-state index contributed by atoms with van der Waals surface area (Å²) in [6.45, 7) is 4.75. The van der Waals surface area contributed by atoms with Gasteiger partial charge in [-0.2, -0.15) is 0 Å². The fraction of sp³-hybridized carbons (Fsp3) is 0.333. The number of H-pyrrole nitrogens is 2. The van der Waals surface area contributed by atoms with Gasteiger partial charge in [0.15, 0.2) is 0 Å². The Morgan fingerprint density at radius 3 is 2.48 bits per heavy atom. The van der Waals surface area contributed by atoms with E-state index in [0.717, 1.165) is 16.9 Å². The van der Waals surface area contributed by atoms with E-state index in [1.54, 1.807) is 0 Å². The number of anilines is 1. The zero-order valence-electron chi connectivity index (χ0n) is 12.2. The van der Waals surface area contributed by atoms with Gasteiger partial charge in [0.2, 0.25) is 5.91 Å². The Kier molecular flexibility index (Phi) is 4.94. The molecule has 6 nitrogen and oxygen atoms in total. The molecule has 0 saturated carbocycles. The van der Waals surface area contributed by atoms with Crippen molar-refractivity contribution in [1.29, 1.82) is 0 Å². The maximum absolute atomic E-state index is 11.7. The van der Waals surface area contributed by atoms with Gasteiger partial charge in [-0.15, -0.1) is 0 Å². The lowest BCUT2D eigenvalue weighted by atomic mass is 10.1. The van der Waals surface area contributed by atoms with Crippen molar-refractivity contribution in [2.45, 2.75) is 26.3 Å². The molecule has 0 radical (unpaired) electrons. The maximum atomic E-state index is 11.7. The lowest BCUT2D eigenvalue weighted by molar-refractivity contribution is -0.116. The Hall–Kier alpha value is -2.34. The molecule has 0 spiro atoms. The minimum absolute atomic E-state index is 0.0223. The summed E-state index contributed by atoms with van der Waals surface area (Å²) in [5.41, 5.74) is 2.18. The smallest absolute Gasteiger partial charge is 0.264 e. The summed E-state index contributed by atoms with van der Waals surface area (Å²) in [5, 5.41) is 11.3. The second-order valence-corrected chi connectivity index (χ2v) is 5.16. The second-order valence-electron chi connectivity index (χ2n) is 5.16. The van der Waals surface area contributed by atoms with Crippen molar-refractivity contribution in [1.82, 2.24) is 15.5 Å². The predicted molar refractivity (Wildman–Crippen MR) is 83.2 cm³/mol. The van der Waals surface area contributed by atoms with E-state index in [4.69, 9.17) is 0 Å². The summed E-state index contributed by atoms with van der Waals surface area (Å²) in [6, 6.07) is 9.19. The molecule has 0 unspecified atom stereocenters. The fourth-order valence-corrected chi connectivity index (χ4v) is 1.92. The lowest BCUT2D eigenvalue weighted by Crippen LogP contribution is -2.27. The Morgan fingerprint density at radius 1 is 1.19 bits per heavy atom. The van der Waals surface area contributed by atoms with Crippen molar-refractivity contribution in [2.75, 3.05) is 11.9 Å². The molecule has 0 aliphatic rings. The zero-order chi connectivity index (χ0) is 15.2. The van der Waals surface area contributed by atoms with E-state index >= 15 is 0 Å².